The molecule has 0 aromatic heterocycles. The summed E-state index contributed by atoms with van der Waals surface area (Å²) in [5.41, 5.74) is 3.01. The smallest absolute Gasteiger partial charge is 0.266 e. The highest BCUT2D eigenvalue weighted by atomic mass is 32.2. The van der Waals surface area contributed by atoms with Gasteiger partial charge in [-0.05, 0) is 103 Å². The molecule has 8 atom stereocenters. The molecule has 0 aliphatic heterocycles. The van der Waals surface area contributed by atoms with E-state index in [1.807, 2.05) is 30.3 Å². The van der Waals surface area contributed by atoms with Crippen LogP contribution in [0.2, 0.25) is 0 Å². The third-order valence-corrected chi connectivity index (χ3v) is 13.0. The Labute approximate surface area is 233 Å². The zero-order valence-electron chi connectivity index (χ0n) is 24.6. The van der Waals surface area contributed by atoms with Gasteiger partial charge in [0.05, 0.1) is 6.10 Å². The summed E-state index contributed by atoms with van der Waals surface area (Å²) >= 11 is 0. The number of rotatable bonds is 9. The van der Waals surface area contributed by atoms with E-state index in [4.69, 9.17) is 4.18 Å². The predicted molar refractivity (Wildman–Crippen MR) is 157 cm³/mol. The Morgan fingerprint density at radius 2 is 1.71 bits per heavy atom. The summed E-state index contributed by atoms with van der Waals surface area (Å²) in [7, 11) is -3.59. The van der Waals surface area contributed by atoms with Crippen LogP contribution in [0.25, 0.3) is 0 Å². The van der Waals surface area contributed by atoms with Crippen molar-refractivity contribution in [2.75, 3.05) is 0 Å². The van der Waals surface area contributed by atoms with Crippen molar-refractivity contribution in [1.82, 2.24) is 0 Å². The lowest BCUT2D eigenvalue weighted by atomic mass is 9.47. The third kappa shape index (κ3) is 5.55. The molecular weight excluding hydrogens is 488 g/mol. The fourth-order valence-corrected chi connectivity index (χ4v) is 11.0. The zero-order chi connectivity index (χ0) is 27.1. The lowest BCUT2D eigenvalue weighted by Gasteiger charge is -2.58. The Kier molecular flexibility index (Phi) is 8.25. The fraction of sp³-hybridized carbons (Fsp3) is 0.765. The van der Waals surface area contributed by atoms with Crippen molar-refractivity contribution in [2.45, 2.75) is 117 Å². The molecule has 0 amide bonds. The van der Waals surface area contributed by atoms with Crippen LogP contribution < -0.4 is 0 Å². The van der Waals surface area contributed by atoms with Crippen LogP contribution in [0.15, 0.2) is 42.0 Å². The minimum absolute atomic E-state index is 0.0390. The molecule has 3 saturated carbocycles. The number of fused-ring (bicyclic) bond motifs is 5. The van der Waals surface area contributed by atoms with Gasteiger partial charge in [-0.2, -0.15) is 8.42 Å². The Morgan fingerprint density at radius 1 is 0.947 bits per heavy atom. The Morgan fingerprint density at radius 3 is 2.45 bits per heavy atom. The van der Waals surface area contributed by atoms with E-state index in [0.717, 1.165) is 60.3 Å². The largest absolute Gasteiger partial charge is 0.271 e. The Hall–Kier alpha value is -1.13. The van der Waals surface area contributed by atoms with E-state index in [1.54, 1.807) is 0 Å². The molecule has 0 saturated heterocycles. The summed E-state index contributed by atoms with van der Waals surface area (Å²) in [4.78, 5) is 0. The molecule has 3 fully saturated rings. The molecular formula is C34H52O3S. The van der Waals surface area contributed by atoms with E-state index in [2.05, 4.69) is 40.7 Å². The Balaban J connectivity index is 1.24. The van der Waals surface area contributed by atoms with Gasteiger partial charge in [0, 0.05) is 0 Å². The molecule has 212 valence electrons. The first-order valence-electron chi connectivity index (χ1n) is 15.7. The molecule has 38 heavy (non-hydrogen) atoms. The third-order valence-electron chi connectivity index (χ3n) is 11.7. The number of allylic oxidation sites excluding steroid dienone is 1. The molecule has 4 aliphatic carbocycles. The molecule has 0 heterocycles. The van der Waals surface area contributed by atoms with Gasteiger partial charge in [-0.1, -0.05) is 95.9 Å². The van der Waals surface area contributed by atoms with Gasteiger partial charge in [0.2, 0.25) is 0 Å². The lowest BCUT2D eigenvalue weighted by Crippen LogP contribution is -2.51. The highest BCUT2D eigenvalue weighted by molar-refractivity contribution is 7.85. The molecule has 0 bridgehead atoms. The van der Waals surface area contributed by atoms with E-state index in [0.29, 0.717) is 5.41 Å². The highest BCUT2D eigenvalue weighted by Crippen LogP contribution is 2.67. The van der Waals surface area contributed by atoms with Crippen molar-refractivity contribution >= 4 is 10.1 Å². The maximum atomic E-state index is 12.8. The quantitative estimate of drug-likeness (QED) is 0.232. The first-order valence-corrected chi connectivity index (χ1v) is 17.2. The van der Waals surface area contributed by atoms with Gasteiger partial charge in [-0.15, -0.1) is 0 Å². The van der Waals surface area contributed by atoms with Crippen LogP contribution in [-0.2, 0) is 20.1 Å². The van der Waals surface area contributed by atoms with E-state index in [-0.39, 0.29) is 17.3 Å². The molecule has 5 rings (SSSR count). The number of hydrogen-bond acceptors (Lipinski definition) is 3. The molecule has 1 aromatic rings. The van der Waals surface area contributed by atoms with Crippen LogP contribution in [-0.4, -0.2) is 14.5 Å². The molecule has 0 radical (unpaired) electrons. The second-order valence-electron chi connectivity index (χ2n) is 14.4. The van der Waals surface area contributed by atoms with Crippen LogP contribution in [0.4, 0.5) is 0 Å². The molecule has 4 aliphatic rings. The molecule has 0 spiro atoms. The fourth-order valence-electron chi connectivity index (χ4n) is 9.75. The van der Waals surface area contributed by atoms with Crippen LogP contribution in [0.3, 0.4) is 0 Å². The molecule has 0 unspecified atom stereocenters. The normalized spacial score (nSPS) is 37.7. The number of benzene rings is 1. The van der Waals surface area contributed by atoms with Crippen molar-refractivity contribution in [2.24, 2.45) is 46.3 Å². The van der Waals surface area contributed by atoms with Gasteiger partial charge in [-0.25, -0.2) is 0 Å². The maximum Gasteiger partial charge on any atom is 0.271 e. The molecule has 0 N–H and O–H groups in total. The first kappa shape index (κ1) is 28.4. The predicted octanol–water partition coefficient (Wildman–Crippen LogP) is 8.94. The van der Waals surface area contributed by atoms with E-state index in [1.165, 1.54) is 56.9 Å². The average Bonchev–Trinajstić information content (AvgIpc) is 3.21. The second kappa shape index (κ2) is 11.0. The second-order valence-corrected chi connectivity index (χ2v) is 16.0. The summed E-state index contributed by atoms with van der Waals surface area (Å²) in [6.45, 7) is 12.4. The van der Waals surface area contributed by atoms with E-state index in [9.17, 15) is 8.42 Å². The van der Waals surface area contributed by atoms with Gasteiger partial charge in [0.1, 0.15) is 5.75 Å². The van der Waals surface area contributed by atoms with Gasteiger partial charge in [-0.3, -0.25) is 4.18 Å². The molecule has 4 heteroatoms. The minimum atomic E-state index is -3.59. The van der Waals surface area contributed by atoms with E-state index < -0.39 is 10.1 Å². The summed E-state index contributed by atoms with van der Waals surface area (Å²) in [5.74, 6) is 4.91. The number of hydrogen-bond donors (Lipinski definition) is 0. The lowest BCUT2D eigenvalue weighted by molar-refractivity contribution is -0.0556. The van der Waals surface area contributed by atoms with Crippen LogP contribution in [0, 0.1) is 46.3 Å². The summed E-state index contributed by atoms with van der Waals surface area (Å²) in [5, 5.41) is 0. The summed E-state index contributed by atoms with van der Waals surface area (Å²) in [6.07, 6.45) is 15.9. The van der Waals surface area contributed by atoms with Crippen molar-refractivity contribution in [3.05, 3.63) is 47.5 Å². The zero-order valence-corrected chi connectivity index (χ0v) is 25.4. The maximum absolute atomic E-state index is 12.8. The standard InChI is InChI=1S/C34H52O3S/c1-24(2)10-9-11-25(3)30-16-17-31-29-15-14-27-22-28(37-38(35,36)23-26-12-7-6-8-13-26)18-20-33(27,4)32(29)19-21-34(30,31)5/h6-8,12-14,24-25,28-32H,9-11,15-23H2,1-5H3/t25-,28+,29+,30-,31+,32+,33+,34-/m1/s1. The molecule has 3 nitrogen and oxygen atoms in total. The van der Waals surface area contributed by atoms with Gasteiger partial charge in [0.15, 0.2) is 0 Å². The van der Waals surface area contributed by atoms with Crippen molar-refractivity contribution in [3.63, 3.8) is 0 Å². The van der Waals surface area contributed by atoms with Crippen molar-refractivity contribution < 1.29 is 12.6 Å². The van der Waals surface area contributed by atoms with Crippen LogP contribution in [0.5, 0.6) is 0 Å². The van der Waals surface area contributed by atoms with Crippen LogP contribution >= 0.6 is 0 Å². The van der Waals surface area contributed by atoms with Gasteiger partial charge < -0.3 is 0 Å². The van der Waals surface area contributed by atoms with Gasteiger partial charge in [0.25, 0.3) is 10.1 Å². The van der Waals surface area contributed by atoms with Crippen molar-refractivity contribution in [1.29, 1.82) is 0 Å². The van der Waals surface area contributed by atoms with Crippen LogP contribution in [0.1, 0.15) is 111 Å². The monoisotopic (exact) mass is 540 g/mol. The first-order chi connectivity index (χ1) is 18.0. The van der Waals surface area contributed by atoms with E-state index >= 15 is 0 Å². The SMILES string of the molecule is CC(C)CCC[C@@H](C)[C@H]1CC[C@H]2[C@@H]3CC=C4C[C@@H](OS(=O)(=O)Cc5ccccc5)CC[C@]4(C)[C@H]3CC[C@]12C. The average molecular weight is 541 g/mol. The minimum Gasteiger partial charge on any atom is -0.266 e. The van der Waals surface area contributed by atoms with Gasteiger partial charge >= 0.3 is 0 Å². The summed E-state index contributed by atoms with van der Waals surface area (Å²) in [6, 6.07) is 9.40. The van der Waals surface area contributed by atoms with Crippen molar-refractivity contribution in [3.8, 4) is 0 Å². The molecule has 1 aromatic carbocycles. The Bertz CT molecular complexity index is 1090. The summed E-state index contributed by atoms with van der Waals surface area (Å²) < 4.78 is 31.5. The highest BCUT2D eigenvalue weighted by Gasteiger charge is 2.59. The topological polar surface area (TPSA) is 43.4 Å².